The largest absolute Gasteiger partial charge is 0.478 e. The molecule has 0 saturated carbocycles. The van der Waals surface area contributed by atoms with E-state index in [1.54, 1.807) is 6.07 Å². The highest BCUT2D eigenvalue weighted by molar-refractivity contribution is 7.88. The lowest BCUT2D eigenvalue weighted by Crippen LogP contribution is -2.16. The van der Waals surface area contributed by atoms with Crippen molar-refractivity contribution in [3.8, 4) is 17.4 Å². The molecule has 0 aliphatic carbocycles. The van der Waals surface area contributed by atoms with Crippen LogP contribution in [0, 0.1) is 0 Å². The lowest BCUT2D eigenvalue weighted by Gasteiger charge is -2.18. The summed E-state index contributed by atoms with van der Waals surface area (Å²) in [6.07, 6.45) is 3.09. The summed E-state index contributed by atoms with van der Waals surface area (Å²) in [6.45, 7) is 6.57. The van der Waals surface area contributed by atoms with Gasteiger partial charge in [-0.1, -0.05) is 19.9 Å². The van der Waals surface area contributed by atoms with Crippen LogP contribution in [0.1, 0.15) is 45.3 Å². The number of ether oxygens (including phenoxy) is 1. The normalized spacial score (nSPS) is 12.0. The molecule has 0 bridgehead atoms. The van der Waals surface area contributed by atoms with Crippen LogP contribution in [0.5, 0.6) is 5.88 Å². The van der Waals surface area contributed by atoms with Gasteiger partial charge >= 0.3 is 0 Å². The summed E-state index contributed by atoms with van der Waals surface area (Å²) in [5.74, 6) is 0.759. The smallest absolute Gasteiger partial charge is 0.214 e. The second-order valence-electron chi connectivity index (χ2n) is 6.39. The third-order valence-electron chi connectivity index (χ3n) is 4.36. The number of aromatic nitrogens is 5. The van der Waals surface area contributed by atoms with Crippen LogP contribution in [0.4, 0.5) is 0 Å². The topological polar surface area (TPSA) is 126 Å². The van der Waals surface area contributed by atoms with Crippen LogP contribution >= 0.6 is 0 Å². The van der Waals surface area contributed by atoms with Gasteiger partial charge in [-0.3, -0.25) is 0 Å². The number of primary sulfonamides is 1. The Morgan fingerprint density at radius 3 is 2.54 bits per heavy atom. The summed E-state index contributed by atoms with van der Waals surface area (Å²) in [5.41, 5.74) is 1.88. The fraction of sp³-hybridized carbons (Fsp3) is 0.444. The van der Waals surface area contributed by atoms with Crippen molar-refractivity contribution in [2.45, 2.75) is 45.4 Å². The van der Waals surface area contributed by atoms with Gasteiger partial charge in [-0.05, 0) is 25.8 Å². The van der Waals surface area contributed by atoms with E-state index in [1.165, 1.54) is 6.20 Å². The lowest BCUT2D eigenvalue weighted by molar-refractivity contribution is 0.327. The van der Waals surface area contributed by atoms with Gasteiger partial charge in [0.25, 0.3) is 0 Å². The molecule has 0 unspecified atom stereocenters. The summed E-state index contributed by atoms with van der Waals surface area (Å²) in [7, 11) is -3.71. The van der Waals surface area contributed by atoms with E-state index in [4.69, 9.17) is 9.88 Å². The molecule has 0 spiro atoms. The van der Waals surface area contributed by atoms with Crippen molar-refractivity contribution < 1.29 is 13.2 Å². The van der Waals surface area contributed by atoms with Crippen molar-refractivity contribution >= 4 is 21.3 Å². The van der Waals surface area contributed by atoms with E-state index in [1.807, 2.05) is 23.6 Å². The first kappa shape index (κ1) is 20.2. The molecular weight excluding hydrogens is 380 g/mol. The molecule has 9 nitrogen and oxygen atoms in total. The van der Waals surface area contributed by atoms with Gasteiger partial charge in [0.15, 0.2) is 17.1 Å². The van der Waals surface area contributed by atoms with Gasteiger partial charge in [-0.15, -0.1) is 0 Å². The van der Waals surface area contributed by atoms with Crippen LogP contribution in [0.3, 0.4) is 0 Å². The minimum Gasteiger partial charge on any atom is -0.478 e. The number of nitrogens with two attached hydrogens (primary N) is 1. The van der Waals surface area contributed by atoms with Gasteiger partial charge in [0.2, 0.25) is 15.9 Å². The van der Waals surface area contributed by atoms with Gasteiger partial charge in [-0.25, -0.2) is 33.5 Å². The lowest BCUT2D eigenvalue weighted by atomic mass is 10.1. The molecule has 0 atom stereocenters. The number of sulfonamides is 1. The van der Waals surface area contributed by atoms with Gasteiger partial charge < -0.3 is 9.30 Å². The van der Waals surface area contributed by atoms with Crippen LogP contribution in [0.25, 0.3) is 22.8 Å². The molecule has 0 aliphatic rings. The van der Waals surface area contributed by atoms with Crippen LogP contribution in [0.2, 0.25) is 0 Å². The van der Waals surface area contributed by atoms with E-state index in [9.17, 15) is 8.42 Å². The summed E-state index contributed by atoms with van der Waals surface area (Å²) in [4.78, 5) is 18.0. The second kappa shape index (κ2) is 8.19. The van der Waals surface area contributed by atoms with E-state index in [0.29, 0.717) is 35.3 Å². The van der Waals surface area contributed by atoms with Gasteiger partial charge in [-0.2, -0.15) is 0 Å². The van der Waals surface area contributed by atoms with E-state index in [-0.39, 0.29) is 17.5 Å². The second-order valence-corrected chi connectivity index (χ2v) is 8.00. The maximum Gasteiger partial charge on any atom is 0.214 e. The van der Waals surface area contributed by atoms with Crippen molar-refractivity contribution in [2.24, 2.45) is 5.14 Å². The third kappa shape index (κ3) is 4.28. The molecule has 0 fully saturated rings. The molecule has 0 saturated heterocycles. The Bertz CT molecular complexity index is 1080. The first-order valence-corrected chi connectivity index (χ1v) is 10.9. The summed E-state index contributed by atoms with van der Waals surface area (Å²) in [6, 6.07) is 5.61. The van der Waals surface area contributed by atoms with Gasteiger partial charge in [0, 0.05) is 12.1 Å². The number of fused-ring (bicyclic) bond motifs is 1. The predicted molar refractivity (Wildman–Crippen MR) is 106 cm³/mol. The molecule has 0 amide bonds. The van der Waals surface area contributed by atoms with E-state index < -0.39 is 10.0 Å². The minimum atomic E-state index is -3.71. The molecular formula is C18H24N6O3S. The maximum absolute atomic E-state index is 11.5. The van der Waals surface area contributed by atoms with Gasteiger partial charge in [0.1, 0.15) is 11.4 Å². The Labute approximate surface area is 164 Å². The zero-order chi connectivity index (χ0) is 20.3. The SMILES string of the molecule is CCOc1cccc(-c2nc3ncc(CS(N)(=O)=O)nc3n2C(CC)CC)n1. The molecule has 3 rings (SSSR count). The Kier molecular flexibility index (Phi) is 5.90. The number of hydrogen-bond donors (Lipinski definition) is 1. The fourth-order valence-corrected chi connectivity index (χ4v) is 3.68. The number of imidazole rings is 1. The number of hydrogen-bond acceptors (Lipinski definition) is 7. The van der Waals surface area contributed by atoms with Crippen LogP contribution < -0.4 is 9.88 Å². The van der Waals surface area contributed by atoms with Gasteiger partial charge in [0.05, 0.1) is 18.5 Å². The maximum atomic E-state index is 11.5. The van der Waals surface area contributed by atoms with Crippen molar-refractivity contribution in [2.75, 3.05) is 6.61 Å². The Balaban J connectivity index is 2.21. The summed E-state index contributed by atoms with van der Waals surface area (Å²) in [5, 5.41) is 5.16. The Morgan fingerprint density at radius 1 is 1.14 bits per heavy atom. The molecule has 28 heavy (non-hydrogen) atoms. The molecule has 3 aromatic heterocycles. The van der Waals surface area contributed by atoms with Crippen molar-refractivity contribution in [1.29, 1.82) is 0 Å². The predicted octanol–water partition coefficient (Wildman–Crippen LogP) is 2.44. The number of nitrogens with zero attached hydrogens (tertiary/aromatic N) is 5. The van der Waals surface area contributed by atoms with Crippen LogP contribution in [0.15, 0.2) is 24.4 Å². The molecule has 10 heteroatoms. The highest BCUT2D eigenvalue weighted by Gasteiger charge is 2.22. The molecule has 3 aromatic rings. The average Bonchev–Trinajstić information content (AvgIpc) is 3.01. The average molecular weight is 404 g/mol. The minimum absolute atomic E-state index is 0.108. The quantitative estimate of drug-likeness (QED) is 0.611. The van der Waals surface area contributed by atoms with Crippen molar-refractivity contribution in [3.63, 3.8) is 0 Å². The Hall–Kier alpha value is -2.59. The Morgan fingerprint density at radius 2 is 1.89 bits per heavy atom. The molecule has 3 heterocycles. The number of pyridine rings is 1. The van der Waals surface area contributed by atoms with Crippen molar-refractivity contribution in [1.82, 2.24) is 24.5 Å². The fourth-order valence-electron chi connectivity index (χ4n) is 3.13. The molecule has 2 N–H and O–H groups in total. The zero-order valence-corrected chi connectivity index (χ0v) is 17.0. The van der Waals surface area contributed by atoms with E-state index >= 15 is 0 Å². The monoisotopic (exact) mass is 404 g/mol. The number of rotatable bonds is 8. The molecule has 0 aliphatic heterocycles. The van der Waals surface area contributed by atoms with Crippen LogP contribution in [-0.2, 0) is 15.8 Å². The standard InChI is InChI=1S/C18H24N6O3S/c1-4-13(5-2)24-17(14-8-7-9-15(22-14)27-6-3)23-16-18(24)21-12(10-20-16)11-28(19,25)26/h7-10,13H,4-6,11H2,1-3H3,(H2,19,25,26). The first-order chi connectivity index (χ1) is 13.4. The summed E-state index contributed by atoms with van der Waals surface area (Å²) < 4.78 is 30.4. The zero-order valence-electron chi connectivity index (χ0n) is 16.2. The van der Waals surface area contributed by atoms with E-state index in [2.05, 4.69) is 33.8 Å². The van der Waals surface area contributed by atoms with Crippen LogP contribution in [-0.4, -0.2) is 39.5 Å². The third-order valence-corrected chi connectivity index (χ3v) is 5.05. The first-order valence-electron chi connectivity index (χ1n) is 9.20. The highest BCUT2D eigenvalue weighted by atomic mass is 32.2. The van der Waals surface area contributed by atoms with Crippen molar-refractivity contribution in [3.05, 3.63) is 30.1 Å². The molecule has 150 valence electrons. The van der Waals surface area contributed by atoms with E-state index in [0.717, 1.165) is 12.8 Å². The summed E-state index contributed by atoms with van der Waals surface area (Å²) >= 11 is 0. The molecule has 0 aromatic carbocycles. The highest BCUT2D eigenvalue weighted by Crippen LogP contribution is 2.30. The molecule has 0 radical (unpaired) electrons.